The summed E-state index contributed by atoms with van der Waals surface area (Å²) in [6.45, 7) is 0. The fourth-order valence-electron chi connectivity index (χ4n) is 3.85. The molecule has 0 bridgehead atoms. The lowest BCUT2D eigenvalue weighted by molar-refractivity contribution is 0.0851. The minimum atomic E-state index is -0.367. The molecule has 28 heavy (non-hydrogen) atoms. The molecule has 0 unspecified atom stereocenters. The molecular formula is C22H22FN3O2. The van der Waals surface area contributed by atoms with Crippen LogP contribution in [0.15, 0.2) is 48.7 Å². The number of halogens is 1. The van der Waals surface area contributed by atoms with Gasteiger partial charge in [0.25, 0.3) is 5.91 Å². The van der Waals surface area contributed by atoms with Crippen molar-refractivity contribution in [3.05, 3.63) is 60.0 Å². The van der Waals surface area contributed by atoms with Crippen LogP contribution in [0.25, 0.3) is 21.9 Å². The van der Waals surface area contributed by atoms with E-state index in [2.05, 4.69) is 10.3 Å². The Hall–Kier alpha value is -2.99. The van der Waals surface area contributed by atoms with Crippen LogP contribution in [0.3, 0.4) is 0 Å². The number of aliphatic hydroxyl groups is 1. The minimum Gasteiger partial charge on any atom is -0.393 e. The minimum absolute atomic E-state index is 0.0459. The molecule has 1 aliphatic rings. The van der Waals surface area contributed by atoms with Gasteiger partial charge >= 0.3 is 0 Å². The van der Waals surface area contributed by atoms with E-state index in [-0.39, 0.29) is 23.9 Å². The second-order valence-electron chi connectivity index (χ2n) is 7.32. The molecule has 4 rings (SSSR count). The first-order chi connectivity index (χ1) is 13.5. The van der Waals surface area contributed by atoms with Crippen LogP contribution in [0.2, 0.25) is 0 Å². The average Bonchev–Trinajstić information content (AvgIpc) is 2.68. The van der Waals surface area contributed by atoms with Crippen LogP contribution in [-0.2, 0) is 0 Å². The molecule has 2 atom stereocenters. The maximum absolute atomic E-state index is 13.6. The number of carbonyl (C=O) groups excluding carboxylic acids is 1. The van der Waals surface area contributed by atoms with Crippen molar-refractivity contribution in [2.75, 3.05) is 5.73 Å². The zero-order valence-electron chi connectivity index (χ0n) is 15.4. The number of carbonyl (C=O) groups is 1. The fraction of sp³-hybridized carbons (Fsp3) is 0.273. The van der Waals surface area contributed by atoms with Crippen LogP contribution >= 0.6 is 0 Å². The number of rotatable bonds is 3. The summed E-state index contributed by atoms with van der Waals surface area (Å²) in [5.74, 6) is -0.223. The molecule has 1 amide bonds. The molecule has 1 fully saturated rings. The van der Waals surface area contributed by atoms with E-state index in [9.17, 15) is 14.3 Å². The number of hydrogen-bond acceptors (Lipinski definition) is 4. The lowest BCUT2D eigenvalue weighted by atomic mass is 9.92. The summed E-state index contributed by atoms with van der Waals surface area (Å²) < 4.78 is 13.6. The van der Waals surface area contributed by atoms with E-state index in [4.69, 9.17) is 5.73 Å². The van der Waals surface area contributed by atoms with Gasteiger partial charge in [0.05, 0.1) is 11.7 Å². The normalized spacial score (nSPS) is 19.5. The van der Waals surface area contributed by atoms with E-state index in [0.717, 1.165) is 30.4 Å². The van der Waals surface area contributed by atoms with E-state index < -0.39 is 0 Å². The molecule has 1 aromatic heterocycles. The van der Waals surface area contributed by atoms with E-state index in [1.54, 1.807) is 6.07 Å². The molecule has 4 N–H and O–H groups in total. The van der Waals surface area contributed by atoms with Crippen LogP contribution in [0.1, 0.15) is 36.0 Å². The van der Waals surface area contributed by atoms with Crippen molar-refractivity contribution in [1.82, 2.24) is 10.3 Å². The predicted octanol–water partition coefficient (Wildman–Crippen LogP) is 3.66. The van der Waals surface area contributed by atoms with Crippen LogP contribution in [0.5, 0.6) is 0 Å². The van der Waals surface area contributed by atoms with Crippen molar-refractivity contribution in [2.24, 2.45) is 0 Å². The highest BCUT2D eigenvalue weighted by Gasteiger charge is 2.23. The third-order valence-electron chi connectivity index (χ3n) is 5.30. The molecule has 0 spiro atoms. The highest BCUT2D eigenvalue weighted by atomic mass is 19.1. The maximum atomic E-state index is 13.6. The molecular weight excluding hydrogens is 357 g/mol. The van der Waals surface area contributed by atoms with Crippen molar-refractivity contribution >= 4 is 22.5 Å². The Labute approximate surface area is 162 Å². The monoisotopic (exact) mass is 379 g/mol. The van der Waals surface area contributed by atoms with Gasteiger partial charge in [-0.25, -0.2) is 9.37 Å². The Kier molecular flexibility index (Phi) is 4.96. The maximum Gasteiger partial charge on any atom is 0.253 e. The number of aromatic nitrogens is 1. The van der Waals surface area contributed by atoms with Crippen LogP contribution in [0.4, 0.5) is 10.2 Å². The van der Waals surface area contributed by atoms with E-state index in [0.29, 0.717) is 28.6 Å². The number of amides is 1. The molecule has 0 saturated heterocycles. The highest BCUT2D eigenvalue weighted by Crippen LogP contribution is 2.29. The van der Waals surface area contributed by atoms with Gasteiger partial charge < -0.3 is 16.2 Å². The molecule has 1 aliphatic carbocycles. The molecule has 0 radical (unpaired) electrons. The summed E-state index contributed by atoms with van der Waals surface area (Å²) in [5, 5.41) is 14.2. The third kappa shape index (κ3) is 3.68. The van der Waals surface area contributed by atoms with Crippen molar-refractivity contribution in [3.8, 4) is 11.1 Å². The van der Waals surface area contributed by atoms with Crippen LogP contribution < -0.4 is 11.1 Å². The molecule has 2 aromatic carbocycles. The Morgan fingerprint density at radius 3 is 2.75 bits per heavy atom. The highest BCUT2D eigenvalue weighted by molar-refractivity contribution is 6.09. The third-order valence-corrected chi connectivity index (χ3v) is 5.30. The van der Waals surface area contributed by atoms with E-state index in [1.807, 2.05) is 24.3 Å². The van der Waals surface area contributed by atoms with Crippen LogP contribution in [-0.4, -0.2) is 28.1 Å². The van der Waals surface area contributed by atoms with Crippen molar-refractivity contribution in [3.63, 3.8) is 0 Å². The first-order valence-corrected chi connectivity index (χ1v) is 9.44. The lowest BCUT2D eigenvalue weighted by Crippen LogP contribution is -2.39. The van der Waals surface area contributed by atoms with Crippen LogP contribution in [0, 0.1) is 5.82 Å². The zero-order valence-corrected chi connectivity index (χ0v) is 15.4. The Balaban J connectivity index is 1.68. The zero-order chi connectivity index (χ0) is 19.7. The molecule has 0 aliphatic heterocycles. The number of nitrogens with one attached hydrogen (secondary N) is 1. The largest absolute Gasteiger partial charge is 0.393 e. The fourth-order valence-corrected chi connectivity index (χ4v) is 3.85. The van der Waals surface area contributed by atoms with E-state index >= 15 is 0 Å². The van der Waals surface area contributed by atoms with Gasteiger partial charge in [-0.1, -0.05) is 24.3 Å². The Morgan fingerprint density at radius 1 is 1.14 bits per heavy atom. The lowest BCUT2D eigenvalue weighted by Gasteiger charge is -2.26. The summed E-state index contributed by atoms with van der Waals surface area (Å²) in [6, 6.07) is 11.8. The van der Waals surface area contributed by atoms with Gasteiger partial charge in [0.1, 0.15) is 11.6 Å². The number of fused-ring (bicyclic) bond motifs is 1. The molecule has 1 saturated carbocycles. The van der Waals surface area contributed by atoms with Crippen molar-refractivity contribution in [2.45, 2.75) is 37.8 Å². The van der Waals surface area contributed by atoms with Gasteiger partial charge in [-0.15, -0.1) is 0 Å². The number of anilines is 1. The number of pyridine rings is 1. The smallest absolute Gasteiger partial charge is 0.253 e. The first-order valence-electron chi connectivity index (χ1n) is 9.44. The number of benzene rings is 2. The second-order valence-corrected chi connectivity index (χ2v) is 7.32. The van der Waals surface area contributed by atoms with Gasteiger partial charge in [0.15, 0.2) is 0 Å². The predicted molar refractivity (Wildman–Crippen MR) is 107 cm³/mol. The number of nitrogen functional groups attached to an aromatic ring is 1. The van der Waals surface area contributed by atoms with Gasteiger partial charge in [0, 0.05) is 17.6 Å². The Morgan fingerprint density at radius 2 is 1.96 bits per heavy atom. The van der Waals surface area contributed by atoms with E-state index in [1.165, 1.54) is 18.3 Å². The van der Waals surface area contributed by atoms with Gasteiger partial charge in [0.2, 0.25) is 0 Å². The summed E-state index contributed by atoms with van der Waals surface area (Å²) in [6.07, 6.45) is 4.21. The molecule has 1 heterocycles. The van der Waals surface area contributed by atoms with Crippen molar-refractivity contribution < 1.29 is 14.3 Å². The number of aliphatic hydroxyl groups excluding tert-OH is 1. The topological polar surface area (TPSA) is 88.2 Å². The number of nitrogens with zero attached hydrogens (tertiary/aromatic N) is 1. The molecule has 6 heteroatoms. The summed E-state index contributed by atoms with van der Waals surface area (Å²) in [7, 11) is 0. The molecule has 144 valence electrons. The quantitative estimate of drug-likeness (QED) is 0.648. The summed E-state index contributed by atoms with van der Waals surface area (Å²) in [4.78, 5) is 17.0. The van der Waals surface area contributed by atoms with Gasteiger partial charge in [-0.2, -0.15) is 0 Å². The van der Waals surface area contributed by atoms with Gasteiger partial charge in [-0.05, 0) is 60.4 Å². The van der Waals surface area contributed by atoms with Gasteiger partial charge in [-0.3, -0.25) is 4.79 Å². The SMILES string of the molecule is Nc1ncc(C(=O)N[C@H]2CCC[C@H](O)C2)c2ccc(-c3cccc(F)c3)cc12. The molecule has 3 aromatic rings. The second kappa shape index (κ2) is 7.56. The van der Waals surface area contributed by atoms with Crippen molar-refractivity contribution in [1.29, 1.82) is 0 Å². The Bertz CT molecular complexity index is 1040. The number of hydrogen-bond donors (Lipinski definition) is 3. The number of nitrogens with two attached hydrogens (primary N) is 1. The summed E-state index contributed by atoms with van der Waals surface area (Å²) >= 11 is 0. The first kappa shape index (κ1) is 18.4. The standard InChI is InChI=1S/C22H22FN3O2/c23-15-4-1-3-13(9-15)14-7-8-18-19(10-14)21(24)25-12-20(18)22(28)26-16-5-2-6-17(27)11-16/h1,3-4,7-10,12,16-17,27H,2,5-6,11H2,(H2,24,25)(H,26,28)/t16-,17-/m0/s1. The average molecular weight is 379 g/mol. The molecule has 5 nitrogen and oxygen atoms in total. The summed E-state index contributed by atoms with van der Waals surface area (Å²) in [5.41, 5.74) is 8.02.